The molecule has 22 heavy (non-hydrogen) atoms. The van der Waals surface area contributed by atoms with E-state index >= 15 is 0 Å². The second kappa shape index (κ2) is 7.64. The Morgan fingerprint density at radius 1 is 1.14 bits per heavy atom. The molecule has 2 aromatic rings. The zero-order chi connectivity index (χ0) is 15.9. The summed E-state index contributed by atoms with van der Waals surface area (Å²) in [6.07, 6.45) is 1.78. The van der Waals surface area contributed by atoms with Crippen molar-refractivity contribution in [2.45, 2.75) is 40.2 Å². The van der Waals surface area contributed by atoms with Crippen LogP contribution in [0, 0.1) is 6.92 Å². The van der Waals surface area contributed by atoms with E-state index in [-0.39, 0.29) is 0 Å². The van der Waals surface area contributed by atoms with Crippen LogP contribution >= 0.6 is 0 Å². The van der Waals surface area contributed by atoms with E-state index in [0.29, 0.717) is 30.5 Å². The summed E-state index contributed by atoms with van der Waals surface area (Å²) in [7, 11) is 0. The SMILES string of the molecule is CCCc1nc(NCc2ccc(C)cc2)c(N)c(OCC)n1. The first-order valence-electron chi connectivity index (χ1n) is 7.72. The molecule has 118 valence electrons. The van der Waals surface area contributed by atoms with Crippen LogP contribution in [0.15, 0.2) is 24.3 Å². The largest absolute Gasteiger partial charge is 0.476 e. The molecule has 2 rings (SSSR count). The Morgan fingerprint density at radius 3 is 2.50 bits per heavy atom. The standard InChI is InChI=1S/C17H24N4O/c1-4-6-14-20-16(15(18)17(21-14)22-5-2)19-11-13-9-7-12(3)8-10-13/h7-10H,4-6,11,18H2,1-3H3,(H,19,20,21). The number of aromatic nitrogens is 2. The van der Waals surface area contributed by atoms with Gasteiger partial charge in [-0.3, -0.25) is 0 Å². The molecule has 1 aromatic carbocycles. The molecule has 1 aromatic heterocycles. The van der Waals surface area contributed by atoms with Gasteiger partial charge in [0.15, 0.2) is 5.82 Å². The normalized spacial score (nSPS) is 10.5. The van der Waals surface area contributed by atoms with Crippen molar-refractivity contribution in [2.24, 2.45) is 0 Å². The molecule has 5 nitrogen and oxygen atoms in total. The molecule has 5 heteroatoms. The molecule has 0 radical (unpaired) electrons. The van der Waals surface area contributed by atoms with Gasteiger partial charge in [0.25, 0.3) is 0 Å². The Hall–Kier alpha value is -2.30. The number of nitrogens with two attached hydrogens (primary N) is 1. The Balaban J connectivity index is 2.18. The van der Waals surface area contributed by atoms with Gasteiger partial charge in [-0.15, -0.1) is 0 Å². The number of rotatable bonds is 7. The van der Waals surface area contributed by atoms with E-state index in [1.165, 1.54) is 11.1 Å². The number of nitrogens with one attached hydrogen (secondary N) is 1. The molecule has 0 atom stereocenters. The smallest absolute Gasteiger partial charge is 0.242 e. The number of aryl methyl sites for hydroxylation is 2. The molecule has 0 amide bonds. The third-order valence-electron chi connectivity index (χ3n) is 3.29. The van der Waals surface area contributed by atoms with Gasteiger partial charge in [-0.05, 0) is 25.8 Å². The van der Waals surface area contributed by atoms with Gasteiger partial charge in [0.05, 0.1) is 6.61 Å². The number of hydrogen-bond acceptors (Lipinski definition) is 5. The van der Waals surface area contributed by atoms with Crippen LogP contribution in [0.2, 0.25) is 0 Å². The van der Waals surface area contributed by atoms with Crippen molar-refractivity contribution in [1.29, 1.82) is 0 Å². The fraction of sp³-hybridized carbons (Fsp3) is 0.412. The summed E-state index contributed by atoms with van der Waals surface area (Å²) in [5.74, 6) is 1.86. The van der Waals surface area contributed by atoms with Gasteiger partial charge >= 0.3 is 0 Å². The van der Waals surface area contributed by atoms with E-state index in [1.54, 1.807) is 0 Å². The Bertz CT molecular complexity index is 611. The van der Waals surface area contributed by atoms with Crippen molar-refractivity contribution in [3.05, 3.63) is 41.2 Å². The van der Waals surface area contributed by atoms with Crippen molar-refractivity contribution < 1.29 is 4.74 Å². The minimum Gasteiger partial charge on any atom is -0.476 e. The summed E-state index contributed by atoms with van der Waals surface area (Å²) in [5.41, 5.74) is 9.00. The molecule has 3 N–H and O–H groups in total. The fourth-order valence-corrected chi connectivity index (χ4v) is 2.10. The zero-order valence-electron chi connectivity index (χ0n) is 13.5. The third kappa shape index (κ3) is 4.10. The number of ether oxygens (including phenoxy) is 1. The van der Waals surface area contributed by atoms with E-state index in [1.807, 2.05) is 6.92 Å². The molecule has 0 saturated heterocycles. The van der Waals surface area contributed by atoms with Crippen LogP contribution in [0.3, 0.4) is 0 Å². The van der Waals surface area contributed by atoms with Gasteiger partial charge in [0.1, 0.15) is 11.5 Å². The van der Waals surface area contributed by atoms with E-state index < -0.39 is 0 Å². The lowest BCUT2D eigenvalue weighted by atomic mass is 10.1. The van der Waals surface area contributed by atoms with Crippen LogP contribution in [0.4, 0.5) is 11.5 Å². The topological polar surface area (TPSA) is 73.1 Å². The van der Waals surface area contributed by atoms with Gasteiger partial charge < -0.3 is 15.8 Å². The van der Waals surface area contributed by atoms with Crippen LogP contribution in [0.5, 0.6) is 5.88 Å². The maximum atomic E-state index is 6.11. The number of nitrogen functional groups attached to an aromatic ring is 1. The molecule has 0 aliphatic heterocycles. The lowest BCUT2D eigenvalue weighted by Gasteiger charge is -2.13. The van der Waals surface area contributed by atoms with E-state index in [0.717, 1.165) is 18.7 Å². The zero-order valence-corrected chi connectivity index (χ0v) is 13.5. The third-order valence-corrected chi connectivity index (χ3v) is 3.29. The molecule has 0 bridgehead atoms. The molecule has 1 heterocycles. The first-order valence-corrected chi connectivity index (χ1v) is 7.72. The maximum Gasteiger partial charge on any atom is 0.242 e. The van der Waals surface area contributed by atoms with Crippen LogP contribution < -0.4 is 15.8 Å². The number of nitrogens with zero attached hydrogens (tertiary/aromatic N) is 2. The summed E-state index contributed by atoms with van der Waals surface area (Å²) in [5, 5.41) is 3.29. The number of hydrogen-bond donors (Lipinski definition) is 2. The fourth-order valence-electron chi connectivity index (χ4n) is 2.10. The lowest BCUT2D eigenvalue weighted by molar-refractivity contribution is 0.327. The summed E-state index contributed by atoms with van der Waals surface area (Å²) in [6, 6.07) is 8.37. The minimum absolute atomic E-state index is 0.465. The van der Waals surface area contributed by atoms with Crippen LogP contribution in [-0.2, 0) is 13.0 Å². The molecule has 0 unspecified atom stereocenters. The minimum atomic E-state index is 0.465. The van der Waals surface area contributed by atoms with Crippen molar-refractivity contribution >= 4 is 11.5 Å². The highest BCUT2D eigenvalue weighted by Crippen LogP contribution is 2.27. The molecular formula is C17H24N4O. The lowest BCUT2D eigenvalue weighted by Crippen LogP contribution is -2.11. The molecule has 0 saturated carbocycles. The average molecular weight is 300 g/mol. The van der Waals surface area contributed by atoms with Gasteiger partial charge in [-0.1, -0.05) is 36.8 Å². The Labute approximate surface area is 131 Å². The monoisotopic (exact) mass is 300 g/mol. The summed E-state index contributed by atoms with van der Waals surface area (Å²) >= 11 is 0. The van der Waals surface area contributed by atoms with Gasteiger partial charge in [0, 0.05) is 13.0 Å². The maximum absolute atomic E-state index is 6.11. The van der Waals surface area contributed by atoms with E-state index in [2.05, 4.69) is 53.4 Å². The highest BCUT2D eigenvalue weighted by molar-refractivity contribution is 5.67. The highest BCUT2D eigenvalue weighted by Gasteiger charge is 2.12. The Kier molecular flexibility index (Phi) is 5.58. The molecule has 0 fully saturated rings. The van der Waals surface area contributed by atoms with Crippen molar-refractivity contribution in [1.82, 2.24) is 9.97 Å². The van der Waals surface area contributed by atoms with Crippen molar-refractivity contribution in [3.8, 4) is 5.88 Å². The molecule has 0 spiro atoms. The average Bonchev–Trinajstić information content (AvgIpc) is 2.51. The molecular weight excluding hydrogens is 276 g/mol. The predicted molar refractivity (Wildman–Crippen MR) is 90.1 cm³/mol. The summed E-state index contributed by atoms with van der Waals surface area (Å²) in [6.45, 7) is 7.29. The van der Waals surface area contributed by atoms with Crippen LogP contribution in [-0.4, -0.2) is 16.6 Å². The van der Waals surface area contributed by atoms with Gasteiger partial charge in [-0.25, -0.2) is 4.98 Å². The summed E-state index contributed by atoms with van der Waals surface area (Å²) in [4.78, 5) is 8.89. The van der Waals surface area contributed by atoms with E-state index in [4.69, 9.17) is 10.5 Å². The van der Waals surface area contributed by atoms with Crippen LogP contribution in [0.1, 0.15) is 37.2 Å². The molecule has 0 aliphatic carbocycles. The number of benzene rings is 1. The van der Waals surface area contributed by atoms with Crippen molar-refractivity contribution in [3.63, 3.8) is 0 Å². The predicted octanol–water partition coefficient (Wildman–Crippen LogP) is 3.33. The second-order valence-corrected chi connectivity index (χ2v) is 5.23. The first-order chi connectivity index (χ1) is 10.6. The highest BCUT2D eigenvalue weighted by atomic mass is 16.5. The molecule has 0 aliphatic rings. The van der Waals surface area contributed by atoms with E-state index in [9.17, 15) is 0 Å². The Morgan fingerprint density at radius 2 is 1.86 bits per heavy atom. The quantitative estimate of drug-likeness (QED) is 0.820. The second-order valence-electron chi connectivity index (χ2n) is 5.23. The van der Waals surface area contributed by atoms with Gasteiger partial charge in [0.2, 0.25) is 5.88 Å². The number of anilines is 2. The van der Waals surface area contributed by atoms with Crippen molar-refractivity contribution in [2.75, 3.05) is 17.7 Å². The van der Waals surface area contributed by atoms with Gasteiger partial charge in [-0.2, -0.15) is 4.98 Å². The summed E-state index contributed by atoms with van der Waals surface area (Å²) < 4.78 is 5.52. The first kappa shape index (κ1) is 16.1. The van der Waals surface area contributed by atoms with Crippen LogP contribution in [0.25, 0.3) is 0 Å².